The Balaban J connectivity index is 2.15. The number of amides is 6. The number of carbonyl (C=O) groups is 8. The van der Waals surface area contributed by atoms with Crippen molar-refractivity contribution in [1.29, 1.82) is 0 Å². The average Bonchev–Trinajstić information content (AvgIpc) is 3.33. The minimum atomic E-state index is -1.67. The van der Waals surface area contributed by atoms with Gasteiger partial charge in [-0.3, -0.25) is 28.9 Å². The van der Waals surface area contributed by atoms with E-state index < -0.39 is 108 Å². The van der Waals surface area contributed by atoms with E-state index in [0.29, 0.717) is 55.3 Å². The molecule has 1 aromatic carbocycles. The number of hydrogen-bond donors (Lipinski definition) is 4. The molecule has 2 aliphatic rings. The van der Waals surface area contributed by atoms with E-state index >= 15 is 0 Å². The maximum Gasteiger partial charge on any atom is 0.410 e. The van der Waals surface area contributed by atoms with Crippen molar-refractivity contribution < 1.29 is 57.7 Å². The number of carbonyl (C=O) groups excluding carboxylic acids is 8. The lowest BCUT2D eigenvalue weighted by Crippen LogP contribution is -2.60. The first-order valence-electron chi connectivity index (χ1n) is 24.9. The fourth-order valence-corrected chi connectivity index (χ4v) is 8.43. The first kappa shape index (κ1) is 60.8. The number of ether oxygens (including phenoxy) is 3. The number of aliphatic hydroxyl groups is 1. The van der Waals surface area contributed by atoms with Crippen LogP contribution in [0.25, 0.3) is 0 Å². The highest BCUT2D eigenvalue weighted by Gasteiger charge is 2.41. The number of esters is 2. The number of aliphatic hydroxyl groups excluding tert-OH is 1. The molecule has 0 aromatic heterocycles. The van der Waals surface area contributed by atoms with Gasteiger partial charge in [-0.25, -0.2) is 14.4 Å². The fraction of sp³-hybridized carbons (Fsp3) is 0.654. The van der Waals surface area contributed by atoms with Gasteiger partial charge in [-0.05, 0) is 83.1 Å². The van der Waals surface area contributed by atoms with Crippen LogP contribution in [-0.2, 0) is 54.2 Å². The van der Waals surface area contributed by atoms with E-state index in [9.17, 15) is 43.5 Å². The monoisotopic (exact) mass is 1030 g/mol. The topological polar surface area (TPSA) is 234 Å². The number of cyclic esters (lactones) is 2. The summed E-state index contributed by atoms with van der Waals surface area (Å²) in [5, 5.41) is 18.1. The van der Waals surface area contributed by atoms with E-state index in [0.717, 1.165) is 4.90 Å². The quantitative estimate of drug-likeness (QED) is 0.148. The van der Waals surface area contributed by atoms with Crippen molar-refractivity contribution in [2.45, 2.75) is 144 Å². The molecule has 1 aromatic rings. The molecular formula is C52H80ClN7O12. The number of β-amino-alcohol motifs (C(OH)–C–C–N with tert-alkyl or cyclic N) is 1. The number of nitrogens with one attached hydrogen (secondary N) is 3. The Kier molecular flexibility index (Phi) is 23.7. The zero-order chi connectivity index (χ0) is 54.2. The Labute approximate surface area is 430 Å². The van der Waals surface area contributed by atoms with Crippen LogP contribution in [0, 0.1) is 17.8 Å². The van der Waals surface area contributed by atoms with Crippen LogP contribution in [0.5, 0.6) is 0 Å². The van der Waals surface area contributed by atoms with Gasteiger partial charge in [-0.15, -0.1) is 0 Å². The zero-order valence-electron chi connectivity index (χ0n) is 44.5. The van der Waals surface area contributed by atoms with Gasteiger partial charge in [0.2, 0.25) is 23.6 Å². The van der Waals surface area contributed by atoms with Crippen LogP contribution in [0.2, 0.25) is 5.02 Å². The fourth-order valence-electron chi connectivity index (χ4n) is 8.31. The second kappa shape index (κ2) is 28.1. The van der Waals surface area contributed by atoms with E-state index in [1.54, 1.807) is 62.9 Å². The van der Waals surface area contributed by atoms with E-state index in [4.69, 9.17) is 25.8 Å². The number of halogens is 1. The van der Waals surface area contributed by atoms with Crippen molar-refractivity contribution in [3.8, 4) is 0 Å². The normalized spacial score (nSPS) is 27.0. The number of benzene rings is 1. The summed E-state index contributed by atoms with van der Waals surface area (Å²) in [4.78, 5) is 118. The third-order valence-electron chi connectivity index (χ3n) is 13.4. The predicted octanol–water partition coefficient (Wildman–Crippen LogP) is 4.04. The van der Waals surface area contributed by atoms with Gasteiger partial charge >= 0.3 is 18.0 Å². The molecule has 19 nitrogen and oxygen atoms in total. The van der Waals surface area contributed by atoms with Crippen molar-refractivity contribution in [1.82, 2.24) is 35.6 Å². The number of allylic oxidation sites excluding steroid dienone is 1. The molecular weight excluding hydrogens is 950 g/mol. The van der Waals surface area contributed by atoms with E-state index in [-0.39, 0.29) is 37.4 Å². The van der Waals surface area contributed by atoms with E-state index in [2.05, 4.69) is 16.0 Å². The van der Waals surface area contributed by atoms with Gasteiger partial charge in [0.1, 0.15) is 35.9 Å². The summed E-state index contributed by atoms with van der Waals surface area (Å²) in [6, 6.07) is 3.13. The second-order valence-corrected chi connectivity index (χ2v) is 20.5. The van der Waals surface area contributed by atoms with Gasteiger partial charge in [0.05, 0.1) is 13.2 Å². The molecule has 0 radical (unpaired) electrons. The minimum Gasteiger partial charge on any atom is -0.456 e. The third-order valence-corrected chi connectivity index (χ3v) is 13.6. The first-order valence-corrected chi connectivity index (χ1v) is 25.3. The van der Waals surface area contributed by atoms with Crippen LogP contribution in [-0.4, -0.2) is 174 Å². The van der Waals surface area contributed by atoms with Gasteiger partial charge in [0.15, 0.2) is 6.10 Å². The van der Waals surface area contributed by atoms with Crippen molar-refractivity contribution in [3.05, 3.63) is 58.1 Å². The molecule has 2 heterocycles. The Bertz CT molecular complexity index is 2120. The molecule has 4 N–H and O–H groups in total. The lowest BCUT2D eigenvalue weighted by molar-refractivity contribution is -0.160. The summed E-state index contributed by atoms with van der Waals surface area (Å²) in [6.45, 7) is 20.0. The van der Waals surface area contributed by atoms with E-state index in [1.165, 1.54) is 52.8 Å². The van der Waals surface area contributed by atoms with Crippen LogP contribution < -0.4 is 16.0 Å². The summed E-state index contributed by atoms with van der Waals surface area (Å²) >= 11 is 6.16. The van der Waals surface area contributed by atoms with Gasteiger partial charge in [0.25, 0.3) is 5.91 Å². The molecule has 0 aliphatic carbocycles. The SMILES string of the molecule is C/C=C(\C)[C@H]1OC(=O)C(C)(C)NC(=O)[C@H]([C@H](C)CC)NC(=O)CN(C)C(=O)[C@@H](Cc2ccc(Cl)cc2)N(C)C(=O)[C@H](C)NC(=O)[C@@H](CC(C)C)OC(=O)/C(C)=C\C[C@H](OC(=O)N2CCN(CCO)CC2)[C@@H]1C. The highest BCUT2D eigenvalue weighted by molar-refractivity contribution is 6.30. The molecule has 2 aliphatic heterocycles. The molecule has 0 bridgehead atoms. The van der Waals surface area contributed by atoms with Gasteiger partial charge in [-0.2, -0.15) is 0 Å². The summed E-state index contributed by atoms with van der Waals surface area (Å²) in [7, 11) is 2.80. The lowest BCUT2D eigenvalue weighted by atomic mass is 9.90. The number of piperazine rings is 1. The molecule has 0 saturated carbocycles. The molecule has 0 unspecified atom stereocenters. The van der Waals surface area contributed by atoms with Crippen molar-refractivity contribution in [3.63, 3.8) is 0 Å². The van der Waals surface area contributed by atoms with Crippen molar-refractivity contribution in [2.24, 2.45) is 17.8 Å². The molecule has 20 heteroatoms. The number of nitrogens with zero attached hydrogens (tertiary/aromatic N) is 4. The molecule has 6 amide bonds. The largest absolute Gasteiger partial charge is 0.456 e. The van der Waals surface area contributed by atoms with Crippen LogP contribution >= 0.6 is 11.6 Å². The van der Waals surface area contributed by atoms with Gasteiger partial charge in [-0.1, -0.05) is 76.9 Å². The Morgan fingerprint density at radius 1 is 0.944 bits per heavy atom. The highest BCUT2D eigenvalue weighted by Crippen LogP contribution is 2.28. The third kappa shape index (κ3) is 17.6. The molecule has 3 rings (SSSR count). The lowest BCUT2D eigenvalue weighted by Gasteiger charge is -2.37. The minimum absolute atomic E-state index is 0.00281. The molecule has 402 valence electrons. The average molecular weight is 1030 g/mol. The Morgan fingerprint density at radius 3 is 2.14 bits per heavy atom. The van der Waals surface area contributed by atoms with Crippen LogP contribution in [0.4, 0.5) is 4.79 Å². The molecule has 72 heavy (non-hydrogen) atoms. The standard InChI is InChI=1S/C52H80ClN7O12/c1-14-32(5)43-46(64)56-52(10,11)50(68)72-44(33(6)15-2)35(8)40(71-51(69)60-24-22-59(23-25-60)26-27-61)21-16-34(7)49(67)70-41(28-31(3)4)45(63)54-36(9)47(65)58(13)39(29-37-17-19-38(53)20-18-37)48(66)57(12)30-42(62)55-43/h15-20,31-32,35-36,39-41,43-44,61H,14,21-30H2,1-13H3,(H,54,63)(H,55,62)(H,56,64)/b33-15+,34-16-/t32-,35+,36+,39-,40+,41-,43+,44-/m1/s1. The van der Waals surface area contributed by atoms with Gasteiger partial charge < -0.3 is 50.0 Å². The number of likely N-dealkylation sites (N-methyl/N-ethyl adjacent to an activating group) is 2. The predicted molar refractivity (Wildman–Crippen MR) is 272 cm³/mol. The maximum atomic E-state index is 14.3. The molecule has 8 atom stereocenters. The van der Waals surface area contributed by atoms with Crippen molar-refractivity contribution in [2.75, 3.05) is 60.0 Å². The Hall–Kier alpha value is -5.53. The summed E-state index contributed by atoms with van der Waals surface area (Å²) < 4.78 is 18.2. The first-order chi connectivity index (χ1) is 33.7. The van der Waals surface area contributed by atoms with Crippen molar-refractivity contribution >= 4 is 59.2 Å². The smallest absolute Gasteiger partial charge is 0.410 e. The van der Waals surface area contributed by atoms with Crippen LogP contribution in [0.15, 0.2) is 47.6 Å². The summed E-state index contributed by atoms with van der Waals surface area (Å²) in [5.74, 6) is -6.37. The summed E-state index contributed by atoms with van der Waals surface area (Å²) in [6.07, 6.45) is -0.211. The van der Waals surface area contributed by atoms with Gasteiger partial charge in [0, 0.05) is 76.2 Å². The molecule has 1 fully saturated rings. The summed E-state index contributed by atoms with van der Waals surface area (Å²) in [5.41, 5.74) is -0.332. The van der Waals surface area contributed by atoms with Crippen LogP contribution in [0.1, 0.15) is 101 Å². The second-order valence-electron chi connectivity index (χ2n) is 20.1. The molecule has 0 spiro atoms. The van der Waals surface area contributed by atoms with Crippen LogP contribution in [0.3, 0.4) is 0 Å². The Morgan fingerprint density at radius 2 is 1.57 bits per heavy atom. The zero-order valence-corrected chi connectivity index (χ0v) is 45.3. The number of hydrogen-bond acceptors (Lipinski definition) is 13. The molecule has 1 saturated heterocycles. The highest BCUT2D eigenvalue weighted by atomic mass is 35.5. The maximum absolute atomic E-state index is 14.3. The van der Waals surface area contributed by atoms with E-state index in [1.807, 2.05) is 25.7 Å². The number of rotatable bonds is 10.